The number of ether oxygens (including phenoxy) is 3. The first kappa shape index (κ1) is 19.1. The third-order valence-corrected chi connectivity index (χ3v) is 4.92. The maximum absolute atomic E-state index is 11.6. The van der Waals surface area contributed by atoms with Gasteiger partial charge in [-0.25, -0.2) is 9.97 Å². The van der Waals surface area contributed by atoms with Gasteiger partial charge in [0.25, 0.3) is 0 Å². The predicted octanol–water partition coefficient (Wildman–Crippen LogP) is 1.43. The van der Waals surface area contributed by atoms with Crippen molar-refractivity contribution in [2.24, 2.45) is 0 Å². The highest BCUT2D eigenvalue weighted by molar-refractivity contribution is 9.10. The molecule has 2 aromatic rings. The number of nitrogens with two attached hydrogens (primary N) is 1. The summed E-state index contributed by atoms with van der Waals surface area (Å²) in [6.07, 6.45) is -2.00. The average Bonchev–Trinajstić information content (AvgIpc) is 3.02. The lowest BCUT2D eigenvalue weighted by molar-refractivity contribution is -0.165. The lowest BCUT2D eigenvalue weighted by Crippen LogP contribution is -2.38. The van der Waals surface area contributed by atoms with Crippen LogP contribution in [0.5, 0.6) is 0 Å². The number of carbonyl (C=O) groups is 2. The van der Waals surface area contributed by atoms with Crippen LogP contribution in [0.1, 0.15) is 32.6 Å². The number of hydrogen-bond acceptors (Lipinski definition) is 9. The topological polar surface area (TPSA) is 142 Å². The van der Waals surface area contributed by atoms with Crippen LogP contribution >= 0.6 is 15.9 Å². The first-order valence-corrected chi connectivity index (χ1v) is 8.75. The Bertz CT molecular complexity index is 968. The number of nitriles is 1. The van der Waals surface area contributed by atoms with E-state index in [1.165, 1.54) is 20.2 Å². The summed E-state index contributed by atoms with van der Waals surface area (Å²) in [5.74, 6) is -0.973. The summed E-state index contributed by atoms with van der Waals surface area (Å²) >= 11 is 3.37. The molecular formula is C16H16BrN5O5. The second-order valence-corrected chi connectivity index (χ2v) is 6.74. The molecule has 10 nitrogen and oxygen atoms in total. The van der Waals surface area contributed by atoms with Crippen molar-refractivity contribution >= 4 is 44.7 Å². The average molecular weight is 438 g/mol. The van der Waals surface area contributed by atoms with Gasteiger partial charge in [0.15, 0.2) is 18.4 Å². The summed E-state index contributed by atoms with van der Waals surface area (Å²) < 4.78 is 18.5. The monoisotopic (exact) mass is 437 g/mol. The second-order valence-electron chi connectivity index (χ2n) is 5.98. The minimum atomic E-state index is -0.948. The Kier molecular flexibility index (Phi) is 5.03. The number of anilines is 1. The zero-order valence-corrected chi connectivity index (χ0v) is 16.3. The number of esters is 2. The molecule has 0 spiro atoms. The molecule has 27 heavy (non-hydrogen) atoms. The molecule has 1 saturated heterocycles. The smallest absolute Gasteiger partial charge is 0.303 e. The normalized spacial score (nSPS) is 24.6. The molecule has 0 amide bonds. The van der Waals surface area contributed by atoms with Crippen molar-refractivity contribution in [3.05, 3.63) is 16.5 Å². The minimum absolute atomic E-state index is 0.127. The molecule has 0 saturated carbocycles. The fraction of sp³-hybridized carbons (Fsp3) is 0.438. The number of fused-ring (bicyclic) bond motifs is 1. The van der Waals surface area contributed by atoms with Crippen LogP contribution in [0.15, 0.2) is 10.9 Å². The molecule has 0 unspecified atom stereocenters. The van der Waals surface area contributed by atoms with Gasteiger partial charge >= 0.3 is 11.9 Å². The van der Waals surface area contributed by atoms with E-state index in [9.17, 15) is 14.9 Å². The second kappa shape index (κ2) is 7.13. The van der Waals surface area contributed by atoms with Gasteiger partial charge in [-0.05, 0) is 22.9 Å². The van der Waals surface area contributed by atoms with Crippen molar-refractivity contribution in [3.63, 3.8) is 0 Å². The Morgan fingerprint density at radius 3 is 2.52 bits per heavy atom. The van der Waals surface area contributed by atoms with Gasteiger partial charge in [0, 0.05) is 13.8 Å². The third-order valence-electron chi connectivity index (χ3n) is 4.14. The van der Waals surface area contributed by atoms with Crippen molar-refractivity contribution in [2.75, 3.05) is 5.73 Å². The molecule has 3 rings (SSSR count). The summed E-state index contributed by atoms with van der Waals surface area (Å²) in [5.41, 5.74) is 6.46. The van der Waals surface area contributed by atoms with Crippen LogP contribution in [0.25, 0.3) is 11.0 Å². The Balaban J connectivity index is 2.18. The van der Waals surface area contributed by atoms with Gasteiger partial charge in [-0.2, -0.15) is 5.26 Å². The first-order valence-electron chi connectivity index (χ1n) is 7.96. The van der Waals surface area contributed by atoms with Crippen LogP contribution in [0.4, 0.5) is 5.82 Å². The summed E-state index contributed by atoms with van der Waals surface area (Å²) in [5, 5.41) is 9.88. The van der Waals surface area contributed by atoms with Crippen LogP contribution in [-0.4, -0.2) is 44.8 Å². The van der Waals surface area contributed by atoms with Gasteiger partial charge in [0.1, 0.15) is 28.5 Å². The lowest BCUT2D eigenvalue weighted by atomic mass is 10.1. The maximum atomic E-state index is 11.6. The zero-order chi connectivity index (χ0) is 19.9. The number of hydrogen-bond donors (Lipinski definition) is 1. The lowest BCUT2D eigenvalue weighted by Gasteiger charge is -2.24. The van der Waals surface area contributed by atoms with Crippen molar-refractivity contribution in [3.8, 4) is 6.07 Å². The SMILES string of the molecule is CC(=O)O[C@@H]1[C@H](OC(C)=O)[C@@H](C)O[C@H]1n1c(Br)c(C#N)c2c(N)ncnc21. The summed E-state index contributed by atoms with van der Waals surface area (Å²) in [6, 6.07) is 2.06. The van der Waals surface area contributed by atoms with E-state index in [4.69, 9.17) is 19.9 Å². The van der Waals surface area contributed by atoms with Crippen molar-refractivity contribution in [2.45, 2.75) is 45.3 Å². The van der Waals surface area contributed by atoms with Gasteiger partial charge < -0.3 is 19.9 Å². The molecule has 0 bridgehead atoms. The van der Waals surface area contributed by atoms with E-state index in [-0.39, 0.29) is 11.4 Å². The molecule has 1 fully saturated rings. The third kappa shape index (κ3) is 3.22. The molecule has 1 aliphatic heterocycles. The molecule has 0 radical (unpaired) electrons. The number of rotatable bonds is 3. The number of nitrogens with zero attached hydrogens (tertiary/aromatic N) is 4. The van der Waals surface area contributed by atoms with E-state index >= 15 is 0 Å². The summed E-state index contributed by atoms with van der Waals surface area (Å²) in [6.45, 7) is 4.19. The van der Waals surface area contributed by atoms with Crippen LogP contribution in [0.3, 0.4) is 0 Å². The number of nitrogen functional groups attached to an aromatic ring is 1. The van der Waals surface area contributed by atoms with Crippen LogP contribution in [0, 0.1) is 11.3 Å². The molecule has 2 N–H and O–H groups in total. The standard InChI is InChI=1S/C16H16BrN5O5/c1-6-11(26-7(2)23)12(27-8(3)24)16(25-6)22-13(17)9(4-18)10-14(19)20-5-21-15(10)22/h5-6,11-12,16H,1-3H3,(H2,19,20,21)/t6-,11-,12-,16-/m1/s1. The molecule has 1 aliphatic rings. The highest BCUT2D eigenvalue weighted by Crippen LogP contribution is 2.41. The quantitative estimate of drug-likeness (QED) is 0.704. The highest BCUT2D eigenvalue weighted by atomic mass is 79.9. The molecule has 142 valence electrons. The molecular weight excluding hydrogens is 422 g/mol. The van der Waals surface area contributed by atoms with E-state index < -0.39 is 36.5 Å². The highest BCUT2D eigenvalue weighted by Gasteiger charge is 2.49. The maximum Gasteiger partial charge on any atom is 0.303 e. The van der Waals surface area contributed by atoms with E-state index in [2.05, 4.69) is 32.0 Å². The Morgan fingerprint density at radius 2 is 1.93 bits per heavy atom. The number of aromatic nitrogens is 3. The van der Waals surface area contributed by atoms with Crippen LogP contribution < -0.4 is 5.73 Å². The molecule has 0 aromatic carbocycles. The largest absolute Gasteiger partial charge is 0.456 e. The molecule has 3 heterocycles. The Labute approximate surface area is 162 Å². The molecule has 11 heteroatoms. The Hall–Kier alpha value is -2.71. The van der Waals surface area contributed by atoms with Crippen molar-refractivity contribution in [1.29, 1.82) is 5.26 Å². The van der Waals surface area contributed by atoms with Crippen molar-refractivity contribution in [1.82, 2.24) is 14.5 Å². The number of halogens is 1. The van der Waals surface area contributed by atoms with E-state index in [1.54, 1.807) is 11.5 Å². The predicted molar refractivity (Wildman–Crippen MR) is 95.0 cm³/mol. The van der Waals surface area contributed by atoms with E-state index in [1.807, 2.05) is 0 Å². The molecule has 0 aliphatic carbocycles. The van der Waals surface area contributed by atoms with Crippen LogP contribution in [0.2, 0.25) is 0 Å². The minimum Gasteiger partial charge on any atom is -0.456 e. The van der Waals surface area contributed by atoms with Gasteiger partial charge in [-0.3, -0.25) is 14.2 Å². The van der Waals surface area contributed by atoms with E-state index in [0.29, 0.717) is 15.6 Å². The first-order chi connectivity index (χ1) is 12.8. The van der Waals surface area contributed by atoms with Crippen molar-refractivity contribution < 1.29 is 23.8 Å². The van der Waals surface area contributed by atoms with E-state index in [0.717, 1.165) is 0 Å². The summed E-state index contributed by atoms with van der Waals surface area (Å²) in [7, 11) is 0. The summed E-state index contributed by atoms with van der Waals surface area (Å²) in [4.78, 5) is 31.2. The fourth-order valence-corrected chi connectivity index (χ4v) is 3.80. The van der Waals surface area contributed by atoms with Gasteiger partial charge in [0.05, 0.1) is 17.1 Å². The fourth-order valence-electron chi connectivity index (χ4n) is 3.15. The number of carbonyl (C=O) groups excluding carboxylic acids is 2. The molecule has 4 atom stereocenters. The molecule has 2 aromatic heterocycles. The van der Waals surface area contributed by atoms with Gasteiger partial charge in [-0.15, -0.1) is 0 Å². The zero-order valence-electron chi connectivity index (χ0n) is 14.7. The van der Waals surface area contributed by atoms with Crippen LogP contribution in [-0.2, 0) is 23.8 Å². The Morgan fingerprint density at radius 1 is 1.30 bits per heavy atom. The van der Waals surface area contributed by atoms with Gasteiger partial charge in [0.2, 0.25) is 0 Å². The van der Waals surface area contributed by atoms with Gasteiger partial charge in [-0.1, -0.05) is 0 Å².